The number of hydrogen-bond donors (Lipinski definition) is 1. The van der Waals surface area contributed by atoms with Crippen LogP contribution in [0.2, 0.25) is 0 Å². The Morgan fingerprint density at radius 3 is 2.33 bits per heavy atom. The van der Waals surface area contributed by atoms with Gasteiger partial charge in [0, 0.05) is 17.3 Å². The van der Waals surface area contributed by atoms with Crippen molar-refractivity contribution in [1.82, 2.24) is 0 Å². The number of carbonyl (C=O) groups is 2. The Kier molecular flexibility index (Phi) is 5.22. The number of anilines is 1. The third-order valence-corrected chi connectivity index (χ3v) is 5.73. The standard InChI is InChI=1S/C26H21NO6/c1-31-19-10-7-16(8-11-19)23-22(24(28)17-5-3-2-4-6-17)25(29)26(30)27(23)18-9-12-20-21(15-18)33-14-13-32-20/h2-12,15,23,28H,13-14H2,1H3/b24-22+. The maximum atomic E-state index is 13.3. The Labute approximate surface area is 190 Å². The zero-order valence-electron chi connectivity index (χ0n) is 17.9. The Balaban J connectivity index is 1.69. The minimum absolute atomic E-state index is 0.0197. The lowest BCUT2D eigenvalue weighted by atomic mass is 9.95. The van der Waals surface area contributed by atoms with E-state index in [1.54, 1.807) is 73.8 Å². The third kappa shape index (κ3) is 3.57. The second kappa shape index (κ2) is 8.35. The van der Waals surface area contributed by atoms with Gasteiger partial charge >= 0.3 is 0 Å². The fourth-order valence-corrected chi connectivity index (χ4v) is 4.13. The number of ketones is 1. The molecule has 2 heterocycles. The molecule has 1 fully saturated rings. The number of carbonyl (C=O) groups excluding carboxylic acids is 2. The van der Waals surface area contributed by atoms with Gasteiger partial charge < -0.3 is 19.3 Å². The van der Waals surface area contributed by atoms with E-state index >= 15 is 0 Å². The minimum atomic E-state index is -0.835. The van der Waals surface area contributed by atoms with E-state index in [1.165, 1.54) is 4.90 Å². The van der Waals surface area contributed by atoms with Crippen molar-refractivity contribution in [3.63, 3.8) is 0 Å². The van der Waals surface area contributed by atoms with Crippen molar-refractivity contribution in [2.75, 3.05) is 25.2 Å². The summed E-state index contributed by atoms with van der Waals surface area (Å²) in [5.74, 6) is -0.00556. The molecule has 1 saturated heterocycles. The molecule has 0 aromatic heterocycles. The molecule has 3 aromatic carbocycles. The van der Waals surface area contributed by atoms with Crippen LogP contribution in [0.3, 0.4) is 0 Å². The quantitative estimate of drug-likeness (QED) is 0.371. The van der Waals surface area contributed by atoms with E-state index < -0.39 is 17.7 Å². The normalized spacial score (nSPS) is 18.9. The van der Waals surface area contributed by atoms with Gasteiger partial charge in [-0.3, -0.25) is 14.5 Å². The first kappa shape index (κ1) is 20.6. The van der Waals surface area contributed by atoms with Crippen LogP contribution >= 0.6 is 0 Å². The summed E-state index contributed by atoms with van der Waals surface area (Å²) in [6.07, 6.45) is 0. The molecule has 0 bridgehead atoms. The molecule has 2 aliphatic rings. The molecule has 7 heteroatoms. The van der Waals surface area contributed by atoms with Crippen LogP contribution in [0.4, 0.5) is 5.69 Å². The molecular formula is C26H21NO6. The number of nitrogens with zero attached hydrogens (tertiary/aromatic N) is 1. The van der Waals surface area contributed by atoms with Crippen molar-refractivity contribution >= 4 is 23.1 Å². The van der Waals surface area contributed by atoms with Gasteiger partial charge in [0.25, 0.3) is 11.7 Å². The third-order valence-electron chi connectivity index (χ3n) is 5.73. The fraction of sp³-hybridized carbons (Fsp3) is 0.154. The van der Waals surface area contributed by atoms with Gasteiger partial charge in [-0.2, -0.15) is 0 Å². The zero-order valence-corrected chi connectivity index (χ0v) is 17.9. The summed E-state index contributed by atoms with van der Waals surface area (Å²) in [6.45, 7) is 0.838. The highest BCUT2D eigenvalue weighted by Gasteiger charge is 2.47. The zero-order chi connectivity index (χ0) is 22.9. The monoisotopic (exact) mass is 443 g/mol. The summed E-state index contributed by atoms with van der Waals surface area (Å²) >= 11 is 0. The summed E-state index contributed by atoms with van der Waals surface area (Å²) in [5, 5.41) is 11.1. The predicted octanol–water partition coefficient (Wildman–Crippen LogP) is 4.09. The van der Waals surface area contributed by atoms with Crippen molar-refractivity contribution in [3.05, 3.63) is 89.5 Å². The number of aliphatic hydroxyl groups excluding tert-OH is 1. The summed E-state index contributed by atoms with van der Waals surface area (Å²) < 4.78 is 16.5. The van der Waals surface area contributed by atoms with E-state index in [9.17, 15) is 14.7 Å². The van der Waals surface area contributed by atoms with Crippen LogP contribution in [-0.4, -0.2) is 37.1 Å². The molecule has 1 atom stereocenters. The average Bonchev–Trinajstić information content (AvgIpc) is 3.14. The molecule has 1 amide bonds. The number of Topliss-reactive ketones (excluding diaryl/α,β-unsaturated/α-hetero) is 1. The van der Waals surface area contributed by atoms with E-state index in [0.29, 0.717) is 47.3 Å². The maximum Gasteiger partial charge on any atom is 0.300 e. The molecule has 0 saturated carbocycles. The van der Waals surface area contributed by atoms with E-state index in [-0.39, 0.29) is 11.3 Å². The van der Waals surface area contributed by atoms with Crippen LogP contribution in [0.15, 0.2) is 78.4 Å². The number of methoxy groups -OCH3 is 1. The average molecular weight is 443 g/mol. The lowest BCUT2D eigenvalue weighted by molar-refractivity contribution is -0.132. The van der Waals surface area contributed by atoms with Gasteiger partial charge in [0.1, 0.15) is 24.7 Å². The smallest absolute Gasteiger partial charge is 0.300 e. The van der Waals surface area contributed by atoms with Crippen LogP contribution in [-0.2, 0) is 9.59 Å². The first-order valence-electron chi connectivity index (χ1n) is 10.5. The van der Waals surface area contributed by atoms with Crippen molar-refractivity contribution in [3.8, 4) is 17.2 Å². The summed E-state index contributed by atoms with van der Waals surface area (Å²) in [4.78, 5) is 27.9. The van der Waals surface area contributed by atoms with Crippen molar-refractivity contribution in [1.29, 1.82) is 0 Å². The molecule has 33 heavy (non-hydrogen) atoms. The van der Waals surface area contributed by atoms with Crippen LogP contribution in [0.1, 0.15) is 17.2 Å². The Morgan fingerprint density at radius 2 is 1.64 bits per heavy atom. The summed E-state index contributed by atoms with van der Waals surface area (Å²) in [6, 6.07) is 20.0. The molecule has 1 N–H and O–H groups in total. The van der Waals surface area contributed by atoms with Crippen LogP contribution < -0.4 is 19.1 Å². The number of hydrogen-bond acceptors (Lipinski definition) is 6. The second-order valence-electron chi connectivity index (χ2n) is 7.64. The minimum Gasteiger partial charge on any atom is -0.507 e. The van der Waals surface area contributed by atoms with E-state index in [2.05, 4.69) is 0 Å². The van der Waals surface area contributed by atoms with E-state index in [4.69, 9.17) is 14.2 Å². The molecule has 0 spiro atoms. The highest BCUT2D eigenvalue weighted by atomic mass is 16.6. The van der Waals surface area contributed by atoms with Crippen LogP contribution in [0.25, 0.3) is 5.76 Å². The number of benzene rings is 3. The molecule has 2 aliphatic heterocycles. The number of ether oxygens (including phenoxy) is 3. The van der Waals surface area contributed by atoms with Gasteiger partial charge in [-0.15, -0.1) is 0 Å². The van der Waals surface area contributed by atoms with Gasteiger partial charge in [0.05, 0.1) is 18.7 Å². The van der Waals surface area contributed by atoms with Gasteiger partial charge in [-0.1, -0.05) is 42.5 Å². The number of fused-ring (bicyclic) bond motifs is 1. The van der Waals surface area contributed by atoms with Crippen LogP contribution in [0.5, 0.6) is 17.2 Å². The highest BCUT2D eigenvalue weighted by molar-refractivity contribution is 6.51. The van der Waals surface area contributed by atoms with Gasteiger partial charge in [-0.25, -0.2) is 0 Å². The summed E-state index contributed by atoms with van der Waals surface area (Å²) in [7, 11) is 1.56. The van der Waals surface area contributed by atoms with Gasteiger partial charge in [0.15, 0.2) is 11.5 Å². The molecular weight excluding hydrogens is 422 g/mol. The number of amides is 1. The fourth-order valence-electron chi connectivity index (χ4n) is 4.13. The predicted molar refractivity (Wildman–Crippen MR) is 122 cm³/mol. The largest absolute Gasteiger partial charge is 0.507 e. The lowest BCUT2D eigenvalue weighted by Gasteiger charge is -2.27. The topological polar surface area (TPSA) is 85.3 Å². The molecule has 3 aromatic rings. The van der Waals surface area contributed by atoms with Crippen molar-refractivity contribution in [2.24, 2.45) is 0 Å². The molecule has 5 rings (SSSR count). The molecule has 166 valence electrons. The Bertz CT molecular complexity index is 1250. The van der Waals surface area contributed by atoms with Gasteiger partial charge in [-0.05, 0) is 29.8 Å². The van der Waals surface area contributed by atoms with Gasteiger partial charge in [0.2, 0.25) is 0 Å². The molecule has 7 nitrogen and oxygen atoms in total. The Hall–Kier alpha value is -4.26. The molecule has 1 unspecified atom stereocenters. The lowest BCUT2D eigenvalue weighted by Crippen LogP contribution is -2.29. The SMILES string of the molecule is COc1ccc(C2/C(=C(\O)c3ccccc3)C(=O)C(=O)N2c2ccc3c(c2)OCCO3)cc1. The molecule has 0 radical (unpaired) electrons. The number of aliphatic hydroxyl groups is 1. The summed E-state index contributed by atoms with van der Waals surface area (Å²) in [5.41, 5.74) is 1.60. The Morgan fingerprint density at radius 1 is 0.939 bits per heavy atom. The maximum absolute atomic E-state index is 13.3. The van der Waals surface area contributed by atoms with E-state index in [1.807, 2.05) is 6.07 Å². The first-order valence-corrected chi connectivity index (χ1v) is 10.5. The highest BCUT2D eigenvalue weighted by Crippen LogP contribution is 2.44. The van der Waals surface area contributed by atoms with Crippen molar-refractivity contribution in [2.45, 2.75) is 6.04 Å². The molecule has 0 aliphatic carbocycles. The van der Waals surface area contributed by atoms with E-state index in [0.717, 1.165) is 0 Å². The van der Waals surface area contributed by atoms with Crippen LogP contribution in [0, 0.1) is 0 Å². The second-order valence-corrected chi connectivity index (χ2v) is 7.64. The number of rotatable bonds is 4. The van der Waals surface area contributed by atoms with Crippen molar-refractivity contribution < 1.29 is 28.9 Å². The first-order chi connectivity index (χ1) is 16.1.